The Morgan fingerprint density at radius 3 is 2.56 bits per heavy atom. The Bertz CT molecular complexity index is 841. The number of rotatable bonds is 2. The Labute approximate surface area is 147 Å². The quantitative estimate of drug-likeness (QED) is 0.852. The van der Waals surface area contributed by atoms with E-state index in [1.807, 2.05) is 6.07 Å². The van der Waals surface area contributed by atoms with E-state index in [4.69, 9.17) is 0 Å². The number of amides is 1. The van der Waals surface area contributed by atoms with Crippen LogP contribution in [-0.4, -0.2) is 28.1 Å². The summed E-state index contributed by atoms with van der Waals surface area (Å²) in [7, 11) is 0. The van der Waals surface area contributed by atoms with Crippen molar-refractivity contribution in [3.8, 4) is 11.8 Å². The van der Waals surface area contributed by atoms with E-state index < -0.39 is 5.60 Å². The van der Waals surface area contributed by atoms with Crippen LogP contribution < -0.4 is 0 Å². The van der Waals surface area contributed by atoms with Crippen molar-refractivity contribution in [2.24, 2.45) is 0 Å². The number of hydrogen-bond acceptors (Lipinski definition) is 2. The van der Waals surface area contributed by atoms with Crippen molar-refractivity contribution in [3.63, 3.8) is 0 Å². The predicted molar refractivity (Wildman–Crippen MR) is 94.4 cm³/mol. The van der Waals surface area contributed by atoms with Gasteiger partial charge in [0.25, 0.3) is 5.91 Å². The van der Waals surface area contributed by atoms with Crippen LogP contribution in [0.5, 0.6) is 0 Å². The van der Waals surface area contributed by atoms with Crippen LogP contribution in [0.15, 0.2) is 48.5 Å². The first-order chi connectivity index (χ1) is 11.8. The monoisotopic (exact) mass is 337 g/mol. The highest BCUT2D eigenvalue weighted by Crippen LogP contribution is 2.34. The molecule has 1 fully saturated rings. The summed E-state index contributed by atoms with van der Waals surface area (Å²) in [5, 5.41) is 9.70. The van der Waals surface area contributed by atoms with Crippen LogP contribution in [0.25, 0.3) is 0 Å². The van der Waals surface area contributed by atoms with Crippen LogP contribution in [0.2, 0.25) is 0 Å². The Balaban J connectivity index is 1.79. The number of likely N-dealkylation sites (tertiary alicyclic amines) is 1. The van der Waals surface area contributed by atoms with Crippen LogP contribution in [0.4, 0.5) is 4.39 Å². The molecule has 1 saturated heterocycles. The molecule has 1 amide bonds. The van der Waals surface area contributed by atoms with E-state index in [1.54, 1.807) is 49.1 Å². The first kappa shape index (κ1) is 17.2. The normalized spacial score (nSPS) is 16.6. The number of nitrogens with zero attached hydrogens (tertiary/aromatic N) is 1. The standard InChI is InChI=1S/C21H20FNO2/c1-21(2,25)12-10-15-4-3-5-17(14-15)20(24)23-13-11-19(23)16-6-8-18(22)9-7-16/h3-9,14,19,25H,11,13H2,1-2H3. The summed E-state index contributed by atoms with van der Waals surface area (Å²) in [5.41, 5.74) is 1.12. The van der Waals surface area contributed by atoms with Gasteiger partial charge in [0.2, 0.25) is 0 Å². The summed E-state index contributed by atoms with van der Waals surface area (Å²) in [6.45, 7) is 3.91. The molecule has 2 aromatic carbocycles. The smallest absolute Gasteiger partial charge is 0.254 e. The zero-order valence-electron chi connectivity index (χ0n) is 14.3. The minimum atomic E-state index is -1.08. The molecule has 0 aliphatic carbocycles. The molecule has 1 aliphatic heterocycles. The molecule has 0 radical (unpaired) electrons. The fourth-order valence-electron chi connectivity index (χ4n) is 2.78. The fourth-order valence-corrected chi connectivity index (χ4v) is 2.78. The molecule has 0 saturated carbocycles. The van der Waals surface area contributed by atoms with Crippen LogP contribution in [0, 0.1) is 17.7 Å². The van der Waals surface area contributed by atoms with Gasteiger partial charge in [-0.05, 0) is 56.2 Å². The summed E-state index contributed by atoms with van der Waals surface area (Å²) in [6, 6.07) is 13.4. The first-order valence-corrected chi connectivity index (χ1v) is 8.25. The Morgan fingerprint density at radius 2 is 1.96 bits per heavy atom. The van der Waals surface area contributed by atoms with Crippen LogP contribution in [0.1, 0.15) is 47.8 Å². The number of benzene rings is 2. The topological polar surface area (TPSA) is 40.5 Å². The van der Waals surface area contributed by atoms with Gasteiger partial charge in [-0.2, -0.15) is 0 Å². The molecule has 1 heterocycles. The second kappa shape index (κ2) is 6.70. The van der Waals surface area contributed by atoms with Gasteiger partial charge in [-0.3, -0.25) is 4.79 Å². The highest BCUT2D eigenvalue weighted by atomic mass is 19.1. The number of carbonyl (C=O) groups is 1. The maximum atomic E-state index is 13.1. The third-order valence-corrected chi connectivity index (χ3v) is 4.16. The minimum absolute atomic E-state index is 0.0146. The molecule has 0 spiro atoms. The zero-order valence-corrected chi connectivity index (χ0v) is 14.3. The molecule has 1 N–H and O–H groups in total. The second-order valence-corrected chi connectivity index (χ2v) is 6.74. The second-order valence-electron chi connectivity index (χ2n) is 6.74. The van der Waals surface area contributed by atoms with Gasteiger partial charge in [-0.15, -0.1) is 0 Å². The van der Waals surface area contributed by atoms with E-state index in [1.165, 1.54) is 12.1 Å². The van der Waals surface area contributed by atoms with E-state index in [-0.39, 0.29) is 17.8 Å². The molecule has 0 aromatic heterocycles. The molecule has 128 valence electrons. The lowest BCUT2D eigenvalue weighted by atomic mass is 9.93. The van der Waals surface area contributed by atoms with E-state index in [9.17, 15) is 14.3 Å². The van der Waals surface area contributed by atoms with Gasteiger partial charge < -0.3 is 10.0 Å². The van der Waals surface area contributed by atoms with E-state index >= 15 is 0 Å². The molecular formula is C21H20FNO2. The lowest BCUT2D eigenvalue weighted by Gasteiger charge is -2.41. The van der Waals surface area contributed by atoms with Gasteiger partial charge in [-0.25, -0.2) is 4.39 Å². The van der Waals surface area contributed by atoms with E-state index in [0.29, 0.717) is 17.7 Å². The molecule has 0 bridgehead atoms. The molecule has 25 heavy (non-hydrogen) atoms. The van der Waals surface area contributed by atoms with Gasteiger partial charge in [0, 0.05) is 17.7 Å². The van der Waals surface area contributed by atoms with E-state index in [0.717, 1.165) is 12.0 Å². The van der Waals surface area contributed by atoms with Crippen LogP contribution in [0.3, 0.4) is 0 Å². The van der Waals surface area contributed by atoms with Crippen molar-refractivity contribution in [1.82, 2.24) is 4.90 Å². The minimum Gasteiger partial charge on any atom is -0.378 e. The summed E-state index contributed by atoms with van der Waals surface area (Å²) >= 11 is 0. The zero-order chi connectivity index (χ0) is 18.0. The summed E-state index contributed by atoms with van der Waals surface area (Å²) in [5.74, 6) is 5.30. The van der Waals surface area contributed by atoms with Gasteiger partial charge >= 0.3 is 0 Å². The van der Waals surface area contributed by atoms with Crippen molar-refractivity contribution in [2.75, 3.05) is 6.54 Å². The SMILES string of the molecule is CC(C)(O)C#Cc1cccc(C(=O)N2CCC2c2ccc(F)cc2)c1. The largest absolute Gasteiger partial charge is 0.378 e. The molecule has 3 nitrogen and oxygen atoms in total. The summed E-state index contributed by atoms with van der Waals surface area (Å²) in [6.07, 6.45) is 0.871. The maximum absolute atomic E-state index is 13.1. The molecule has 1 unspecified atom stereocenters. The lowest BCUT2D eigenvalue weighted by Crippen LogP contribution is -2.45. The Kier molecular flexibility index (Phi) is 4.61. The van der Waals surface area contributed by atoms with Crippen molar-refractivity contribution in [3.05, 3.63) is 71.0 Å². The fraction of sp³-hybridized carbons (Fsp3) is 0.286. The molecule has 1 atom stereocenters. The highest BCUT2D eigenvalue weighted by Gasteiger charge is 2.33. The number of aliphatic hydroxyl groups is 1. The molecular weight excluding hydrogens is 317 g/mol. The Morgan fingerprint density at radius 1 is 1.24 bits per heavy atom. The average molecular weight is 337 g/mol. The number of hydrogen-bond donors (Lipinski definition) is 1. The molecule has 4 heteroatoms. The van der Waals surface area contributed by atoms with Crippen LogP contribution >= 0.6 is 0 Å². The summed E-state index contributed by atoms with van der Waals surface area (Å²) in [4.78, 5) is 14.6. The van der Waals surface area contributed by atoms with Gasteiger partial charge in [0.1, 0.15) is 11.4 Å². The van der Waals surface area contributed by atoms with Crippen molar-refractivity contribution in [1.29, 1.82) is 0 Å². The third kappa shape index (κ3) is 4.07. The maximum Gasteiger partial charge on any atom is 0.254 e. The molecule has 2 aromatic rings. The number of carbonyl (C=O) groups excluding carboxylic acids is 1. The predicted octanol–water partition coefficient (Wildman–Crippen LogP) is 3.54. The van der Waals surface area contributed by atoms with Crippen molar-refractivity contribution < 1.29 is 14.3 Å². The third-order valence-electron chi connectivity index (χ3n) is 4.16. The van der Waals surface area contributed by atoms with E-state index in [2.05, 4.69) is 11.8 Å². The first-order valence-electron chi connectivity index (χ1n) is 8.25. The molecule has 3 rings (SSSR count). The van der Waals surface area contributed by atoms with Gasteiger partial charge in [-0.1, -0.05) is 30.0 Å². The number of halogens is 1. The van der Waals surface area contributed by atoms with Crippen LogP contribution in [-0.2, 0) is 0 Å². The van der Waals surface area contributed by atoms with Gasteiger partial charge in [0.15, 0.2) is 0 Å². The lowest BCUT2D eigenvalue weighted by molar-refractivity contribution is 0.0460. The highest BCUT2D eigenvalue weighted by molar-refractivity contribution is 5.95. The summed E-state index contributed by atoms with van der Waals surface area (Å²) < 4.78 is 13.1. The van der Waals surface area contributed by atoms with Crippen molar-refractivity contribution in [2.45, 2.75) is 31.9 Å². The van der Waals surface area contributed by atoms with Crippen molar-refractivity contribution >= 4 is 5.91 Å². The molecule has 1 aliphatic rings. The Hall–Kier alpha value is -2.64. The average Bonchev–Trinajstić information content (AvgIpc) is 2.53. The van der Waals surface area contributed by atoms with Gasteiger partial charge in [0.05, 0.1) is 6.04 Å².